The predicted molar refractivity (Wildman–Crippen MR) is 200 cm³/mol. The first-order valence-electron chi connectivity index (χ1n) is 18.9. The van der Waals surface area contributed by atoms with E-state index in [0.717, 1.165) is 74.9 Å². The van der Waals surface area contributed by atoms with Crippen molar-refractivity contribution in [3.63, 3.8) is 0 Å². The normalized spacial score (nSPS) is 21.3. The van der Waals surface area contributed by atoms with Crippen molar-refractivity contribution >= 4 is 45.8 Å². The Balaban J connectivity index is 0.867. The van der Waals surface area contributed by atoms with Gasteiger partial charge in [0.15, 0.2) is 11.3 Å². The minimum absolute atomic E-state index is 0.00926. The van der Waals surface area contributed by atoms with Crippen molar-refractivity contribution in [1.82, 2.24) is 43.7 Å². The van der Waals surface area contributed by atoms with E-state index in [1.165, 1.54) is 21.5 Å². The molecule has 2 aliphatic heterocycles. The van der Waals surface area contributed by atoms with Gasteiger partial charge >= 0.3 is 5.69 Å². The van der Waals surface area contributed by atoms with Crippen LogP contribution >= 0.6 is 0 Å². The van der Waals surface area contributed by atoms with Gasteiger partial charge in [0.25, 0.3) is 12.3 Å². The molecule has 2 N–H and O–H groups in total. The Kier molecular flexibility index (Phi) is 9.73. The summed E-state index contributed by atoms with van der Waals surface area (Å²) in [6, 6.07) is 5.43. The van der Waals surface area contributed by atoms with E-state index >= 15 is 0 Å². The lowest BCUT2D eigenvalue weighted by atomic mass is 9.85. The average molecular weight is 758 g/mol. The second-order valence-corrected chi connectivity index (χ2v) is 15.3. The van der Waals surface area contributed by atoms with Gasteiger partial charge in [-0.2, -0.15) is 10.2 Å². The van der Waals surface area contributed by atoms with Gasteiger partial charge in [0.2, 0.25) is 11.8 Å². The van der Waals surface area contributed by atoms with Crippen LogP contribution in [0.4, 0.5) is 20.2 Å². The number of rotatable bonds is 9. The molecule has 290 valence electrons. The number of alkyl halides is 2. The monoisotopic (exact) mass is 757 g/mol. The number of halogens is 2. The maximum atomic E-state index is 14.1. The van der Waals surface area contributed by atoms with Crippen LogP contribution in [0.15, 0.2) is 47.8 Å². The van der Waals surface area contributed by atoms with Gasteiger partial charge in [-0.1, -0.05) is 6.07 Å². The maximum Gasteiger partial charge on any atom is 0.329 e. The Bertz CT molecular complexity index is 2330. The number of nitrogens with zero attached hydrogens (tertiary/aromatic N) is 9. The third-order valence-corrected chi connectivity index (χ3v) is 11.7. The van der Waals surface area contributed by atoms with Crippen molar-refractivity contribution in [3.8, 4) is 0 Å². The fourth-order valence-electron chi connectivity index (χ4n) is 8.77. The second kappa shape index (κ2) is 14.7. The topological polar surface area (TPSA) is 157 Å². The molecule has 6 heterocycles. The zero-order valence-corrected chi connectivity index (χ0v) is 31.1. The number of anilines is 2. The molecular weight excluding hydrogens is 712 g/mol. The van der Waals surface area contributed by atoms with Gasteiger partial charge in [0.1, 0.15) is 11.6 Å². The number of nitrogens with one attached hydrogen (secondary N) is 2. The van der Waals surface area contributed by atoms with Crippen molar-refractivity contribution in [2.45, 2.75) is 82.8 Å². The number of imide groups is 1. The molecule has 1 aliphatic carbocycles. The van der Waals surface area contributed by atoms with Crippen molar-refractivity contribution in [1.29, 1.82) is 0 Å². The van der Waals surface area contributed by atoms with Crippen LogP contribution in [0.2, 0.25) is 0 Å². The Morgan fingerprint density at radius 2 is 1.80 bits per heavy atom. The third kappa shape index (κ3) is 6.89. The van der Waals surface area contributed by atoms with Gasteiger partial charge in [0, 0.05) is 57.7 Å². The Morgan fingerprint density at radius 3 is 2.53 bits per heavy atom. The lowest BCUT2D eigenvalue weighted by Gasteiger charge is -2.40. The molecule has 55 heavy (non-hydrogen) atoms. The SMILES string of the molecule is Cc1cnc2c(C(=O)Nc3cn(C4CCC(CN(C)C5CCN(c6cccc7c6n(C)c(=O)n7C6CCC(=O)NC6=O)CC5)CC4)nc3C(F)F)cnn2c1. The van der Waals surface area contributed by atoms with Crippen LogP contribution in [0.25, 0.3) is 16.7 Å². The molecule has 2 saturated heterocycles. The highest BCUT2D eigenvalue weighted by Crippen LogP contribution is 2.37. The van der Waals surface area contributed by atoms with E-state index < -0.39 is 30.0 Å². The summed E-state index contributed by atoms with van der Waals surface area (Å²) in [6.07, 6.45) is 9.27. The first-order chi connectivity index (χ1) is 26.5. The molecule has 0 radical (unpaired) electrons. The molecule has 3 aliphatic rings. The van der Waals surface area contributed by atoms with Gasteiger partial charge in [-0.3, -0.25) is 33.5 Å². The molecule has 0 spiro atoms. The van der Waals surface area contributed by atoms with Gasteiger partial charge in [-0.25, -0.2) is 23.1 Å². The van der Waals surface area contributed by atoms with Gasteiger partial charge < -0.3 is 15.1 Å². The molecule has 1 saturated carbocycles. The fraction of sp³-hybridized carbons (Fsp3) is 0.500. The smallest absolute Gasteiger partial charge is 0.329 e. The first-order valence-corrected chi connectivity index (χ1v) is 18.9. The molecule has 8 rings (SSSR count). The molecule has 1 unspecified atom stereocenters. The zero-order valence-electron chi connectivity index (χ0n) is 31.1. The van der Waals surface area contributed by atoms with E-state index in [9.17, 15) is 28.0 Å². The molecule has 1 atom stereocenters. The highest BCUT2D eigenvalue weighted by Gasteiger charge is 2.34. The number of imidazole rings is 1. The number of benzene rings is 1. The van der Waals surface area contributed by atoms with E-state index in [1.54, 1.807) is 28.7 Å². The first kappa shape index (κ1) is 36.5. The van der Waals surface area contributed by atoms with E-state index in [1.807, 2.05) is 25.1 Å². The van der Waals surface area contributed by atoms with Crippen LogP contribution in [0.5, 0.6) is 0 Å². The van der Waals surface area contributed by atoms with Gasteiger partial charge in [-0.05, 0) is 82.5 Å². The number of carbonyl (C=O) groups excluding carboxylic acids is 3. The highest BCUT2D eigenvalue weighted by molar-refractivity contribution is 6.08. The largest absolute Gasteiger partial charge is 0.370 e. The van der Waals surface area contributed by atoms with Crippen LogP contribution in [-0.2, 0) is 16.6 Å². The van der Waals surface area contributed by atoms with E-state index in [2.05, 4.69) is 42.7 Å². The van der Waals surface area contributed by atoms with Crippen LogP contribution in [0.3, 0.4) is 0 Å². The number of hydrogen-bond donors (Lipinski definition) is 2. The predicted octanol–water partition coefficient (Wildman–Crippen LogP) is 4.39. The summed E-state index contributed by atoms with van der Waals surface area (Å²) in [4.78, 5) is 60.1. The highest BCUT2D eigenvalue weighted by atomic mass is 19.3. The summed E-state index contributed by atoms with van der Waals surface area (Å²) in [5.41, 5.74) is 3.10. The van der Waals surface area contributed by atoms with Crippen molar-refractivity contribution in [2.24, 2.45) is 13.0 Å². The van der Waals surface area contributed by atoms with Crippen molar-refractivity contribution < 1.29 is 23.2 Å². The number of amides is 3. The summed E-state index contributed by atoms with van der Waals surface area (Å²) in [5, 5.41) is 13.4. The maximum absolute atomic E-state index is 14.1. The number of hydrogen-bond acceptors (Lipinski definition) is 9. The average Bonchev–Trinajstić information content (AvgIpc) is 3.86. The molecule has 4 aromatic heterocycles. The summed E-state index contributed by atoms with van der Waals surface area (Å²) in [6.45, 7) is 4.43. The Morgan fingerprint density at radius 1 is 1.04 bits per heavy atom. The van der Waals surface area contributed by atoms with Crippen molar-refractivity contribution in [2.75, 3.05) is 36.9 Å². The Labute approximate surface area is 315 Å². The molecular formula is C38H45F2N11O4. The van der Waals surface area contributed by atoms with Crippen LogP contribution in [0.1, 0.15) is 91.5 Å². The van der Waals surface area contributed by atoms with Gasteiger partial charge in [0.05, 0.1) is 34.6 Å². The van der Waals surface area contributed by atoms with Crippen LogP contribution in [0, 0.1) is 12.8 Å². The molecule has 3 fully saturated rings. The molecule has 5 aromatic rings. The fourth-order valence-corrected chi connectivity index (χ4v) is 8.77. The number of fused-ring (bicyclic) bond motifs is 2. The minimum atomic E-state index is -2.85. The number of aryl methyl sites for hydroxylation is 2. The number of para-hydroxylation sites is 1. The molecule has 15 nitrogen and oxygen atoms in total. The van der Waals surface area contributed by atoms with Crippen LogP contribution < -0.4 is 21.2 Å². The Hall–Kier alpha value is -5.45. The summed E-state index contributed by atoms with van der Waals surface area (Å²) < 4.78 is 34.4. The van der Waals surface area contributed by atoms with Gasteiger partial charge in [-0.15, -0.1) is 0 Å². The van der Waals surface area contributed by atoms with E-state index in [4.69, 9.17) is 0 Å². The molecule has 17 heteroatoms. The molecule has 3 amide bonds. The lowest BCUT2D eigenvalue weighted by molar-refractivity contribution is -0.135. The van der Waals surface area contributed by atoms with Crippen molar-refractivity contribution in [3.05, 3.63) is 70.3 Å². The third-order valence-electron chi connectivity index (χ3n) is 11.7. The molecule has 1 aromatic carbocycles. The number of aromatic nitrogens is 7. The van der Waals surface area contributed by atoms with Crippen LogP contribution in [-0.4, -0.2) is 88.9 Å². The quantitative estimate of drug-likeness (QED) is 0.208. The lowest BCUT2D eigenvalue weighted by Crippen LogP contribution is -2.45. The number of carbonyl (C=O) groups is 3. The van der Waals surface area contributed by atoms with E-state index in [0.29, 0.717) is 29.5 Å². The second-order valence-electron chi connectivity index (χ2n) is 15.3. The summed E-state index contributed by atoms with van der Waals surface area (Å²) in [5.74, 6) is -0.870. The standard InChI is InChI=1S/C38H45F2N11O4/c1-22-17-41-35-26(18-42-50(35)19-22)36(53)43-27-21-49(45-32(27)34(39)40)25-9-7-23(8-10-25)20-46(2)24-13-15-48(16-14-24)28-5-4-6-29-33(28)47(3)38(55)51(29)30-11-12-31(52)44-37(30)54/h4-6,17-19,21,23-25,30,34H,7-16,20H2,1-3H3,(H,43,53)(H,44,52,54). The minimum Gasteiger partial charge on any atom is -0.370 e. The molecule has 0 bridgehead atoms. The zero-order chi connectivity index (χ0) is 38.5. The number of piperidine rings is 2. The summed E-state index contributed by atoms with van der Waals surface area (Å²) in [7, 11) is 3.91. The van der Waals surface area contributed by atoms with E-state index in [-0.39, 0.29) is 35.3 Å². The summed E-state index contributed by atoms with van der Waals surface area (Å²) >= 11 is 0.